The molecule has 4 aromatic rings. The molecular weight excluding hydrogens is 503 g/mol. The average molecular weight is 536 g/mol. The van der Waals surface area contributed by atoms with Crippen molar-refractivity contribution < 1.29 is 4.74 Å². The molecule has 6 heteroatoms. The third-order valence-corrected chi connectivity index (χ3v) is 8.26. The molecule has 0 fully saturated rings. The second-order valence-electron chi connectivity index (χ2n) is 13.0. The Morgan fingerprint density at radius 3 is 1.46 bits per heavy atom. The van der Waals surface area contributed by atoms with Gasteiger partial charge in [0.1, 0.15) is 23.6 Å². The molecule has 0 atom stereocenters. The third kappa shape index (κ3) is 4.14. The third-order valence-electron chi connectivity index (χ3n) is 8.26. The fourth-order valence-corrected chi connectivity index (χ4v) is 5.96. The van der Waals surface area contributed by atoms with Crippen LogP contribution in [0.3, 0.4) is 0 Å². The van der Waals surface area contributed by atoms with Crippen molar-refractivity contribution in [2.24, 2.45) is 0 Å². The SMILES string of the molecule is CN1c2cc(C(C)(C)C)cc(C#N)c2N(B2c3ccccc3Oc3ccccc32)c2c(C#N)cc(C(C)(C)C)cc21. The lowest BCUT2D eigenvalue weighted by atomic mass is 9.47. The molecule has 2 heterocycles. The number of benzene rings is 4. The van der Waals surface area contributed by atoms with E-state index >= 15 is 0 Å². The lowest BCUT2D eigenvalue weighted by Crippen LogP contribution is -2.58. The van der Waals surface area contributed by atoms with Gasteiger partial charge in [-0.15, -0.1) is 0 Å². The van der Waals surface area contributed by atoms with Crippen molar-refractivity contribution in [3.63, 3.8) is 0 Å². The standard InChI is InChI=1S/C35H33BN4O/c1-34(2,3)24-16-22(20-37)32-28(18-24)39(7)29-19-25(35(4,5)6)17-23(21-38)33(29)40(32)36-26-12-8-10-14-30(26)41-31-15-11-9-13-27(31)36/h8-19H,1-7H3. The first-order valence-electron chi connectivity index (χ1n) is 14.0. The number of para-hydroxylation sites is 2. The zero-order chi connectivity index (χ0) is 29.3. The van der Waals surface area contributed by atoms with Crippen LogP contribution in [0.5, 0.6) is 11.5 Å². The first kappa shape index (κ1) is 26.5. The summed E-state index contributed by atoms with van der Waals surface area (Å²) in [7, 11) is 2.04. The van der Waals surface area contributed by atoms with E-state index in [4.69, 9.17) is 4.74 Å². The summed E-state index contributed by atoms with van der Waals surface area (Å²) in [5.41, 5.74) is 8.47. The number of hydrogen-bond acceptors (Lipinski definition) is 5. The molecular formula is C35H33BN4O. The fraction of sp³-hybridized carbons (Fsp3) is 0.257. The van der Waals surface area contributed by atoms with Gasteiger partial charge in [-0.3, -0.25) is 0 Å². The lowest BCUT2D eigenvalue weighted by Gasteiger charge is -2.45. The summed E-state index contributed by atoms with van der Waals surface area (Å²) >= 11 is 0. The van der Waals surface area contributed by atoms with Gasteiger partial charge in [-0.2, -0.15) is 10.5 Å². The number of fused-ring (bicyclic) bond motifs is 4. The van der Waals surface area contributed by atoms with Gasteiger partial charge in [0.25, 0.3) is 0 Å². The number of rotatable bonds is 1. The van der Waals surface area contributed by atoms with Crippen LogP contribution in [0.15, 0.2) is 72.8 Å². The van der Waals surface area contributed by atoms with E-state index in [-0.39, 0.29) is 17.7 Å². The largest absolute Gasteiger partial charge is 0.458 e. The van der Waals surface area contributed by atoms with Crippen molar-refractivity contribution in [2.45, 2.75) is 52.4 Å². The van der Waals surface area contributed by atoms with Crippen molar-refractivity contribution in [3.05, 3.63) is 95.1 Å². The van der Waals surface area contributed by atoms with Gasteiger partial charge in [-0.1, -0.05) is 77.9 Å². The number of nitrogens with zero attached hydrogens (tertiary/aromatic N) is 4. The first-order chi connectivity index (χ1) is 19.4. The molecule has 0 unspecified atom stereocenters. The number of hydrogen-bond donors (Lipinski definition) is 0. The maximum Gasteiger partial charge on any atom is 0.335 e. The molecule has 0 aliphatic carbocycles. The van der Waals surface area contributed by atoms with Crippen LogP contribution >= 0.6 is 0 Å². The number of anilines is 4. The summed E-state index contributed by atoms with van der Waals surface area (Å²) in [5.74, 6) is 1.54. The average Bonchev–Trinajstić information content (AvgIpc) is 2.94. The Morgan fingerprint density at radius 2 is 1.07 bits per heavy atom. The first-order valence-corrected chi connectivity index (χ1v) is 14.0. The minimum atomic E-state index is -0.317. The Labute approximate surface area is 243 Å². The van der Waals surface area contributed by atoms with Crippen LogP contribution in [0, 0.1) is 22.7 Å². The molecule has 2 aliphatic heterocycles. The Balaban J connectivity index is 1.77. The van der Waals surface area contributed by atoms with E-state index < -0.39 is 0 Å². The molecule has 0 bridgehead atoms. The molecule has 0 radical (unpaired) electrons. The van der Waals surface area contributed by atoms with Gasteiger partial charge in [-0.05, 0) is 69.3 Å². The van der Waals surface area contributed by atoms with Gasteiger partial charge in [0.15, 0.2) is 0 Å². The van der Waals surface area contributed by atoms with Gasteiger partial charge in [0, 0.05) is 7.05 Å². The van der Waals surface area contributed by atoms with E-state index in [1.165, 1.54) is 0 Å². The zero-order valence-corrected chi connectivity index (χ0v) is 24.7. The molecule has 202 valence electrons. The molecule has 0 saturated heterocycles. The van der Waals surface area contributed by atoms with E-state index in [1.807, 2.05) is 55.6 Å². The highest BCUT2D eigenvalue weighted by atomic mass is 16.5. The topological polar surface area (TPSA) is 63.3 Å². The van der Waals surface area contributed by atoms with E-state index in [2.05, 4.69) is 87.7 Å². The molecule has 5 nitrogen and oxygen atoms in total. The van der Waals surface area contributed by atoms with Gasteiger partial charge < -0.3 is 14.4 Å². The second-order valence-corrected chi connectivity index (χ2v) is 13.0. The van der Waals surface area contributed by atoms with Crippen LogP contribution in [0.25, 0.3) is 0 Å². The van der Waals surface area contributed by atoms with E-state index in [0.29, 0.717) is 11.1 Å². The molecule has 0 N–H and O–H groups in total. The Hall–Kier alpha value is -4.68. The summed E-state index contributed by atoms with van der Waals surface area (Å²) in [6.07, 6.45) is 0. The highest BCUT2D eigenvalue weighted by Gasteiger charge is 2.44. The van der Waals surface area contributed by atoms with Crippen LogP contribution in [0.4, 0.5) is 22.7 Å². The lowest BCUT2D eigenvalue weighted by molar-refractivity contribution is 0.487. The smallest absolute Gasteiger partial charge is 0.335 e. The van der Waals surface area contributed by atoms with Crippen molar-refractivity contribution in [2.75, 3.05) is 16.8 Å². The molecule has 0 aromatic heterocycles. The number of ether oxygens (including phenoxy) is 1. The molecule has 41 heavy (non-hydrogen) atoms. The Bertz CT molecular complexity index is 1670. The number of nitriles is 2. The fourth-order valence-electron chi connectivity index (χ4n) is 5.96. The van der Waals surface area contributed by atoms with Crippen molar-refractivity contribution >= 4 is 40.5 Å². The van der Waals surface area contributed by atoms with Crippen molar-refractivity contribution in [1.29, 1.82) is 10.5 Å². The summed E-state index contributed by atoms with van der Waals surface area (Å²) in [6, 6.07) is 29.6. The second kappa shape index (κ2) is 9.18. The monoisotopic (exact) mass is 536 g/mol. The van der Waals surface area contributed by atoms with Crippen LogP contribution in [-0.4, -0.2) is 13.9 Å². The summed E-state index contributed by atoms with van der Waals surface area (Å²) in [6.45, 7) is 12.7. The van der Waals surface area contributed by atoms with Crippen molar-refractivity contribution in [1.82, 2.24) is 0 Å². The summed E-state index contributed by atoms with van der Waals surface area (Å²) in [4.78, 5) is 4.38. The molecule has 2 aliphatic rings. The van der Waals surface area contributed by atoms with Crippen LogP contribution in [-0.2, 0) is 10.8 Å². The molecule has 0 spiro atoms. The van der Waals surface area contributed by atoms with E-state index in [9.17, 15) is 10.5 Å². The van der Waals surface area contributed by atoms with Gasteiger partial charge in [-0.25, -0.2) is 0 Å². The zero-order valence-electron chi connectivity index (χ0n) is 24.7. The Morgan fingerprint density at radius 1 is 0.659 bits per heavy atom. The van der Waals surface area contributed by atoms with Gasteiger partial charge in [0.2, 0.25) is 0 Å². The minimum absolute atomic E-state index is 0.157. The molecule has 0 saturated carbocycles. The summed E-state index contributed by atoms with van der Waals surface area (Å²) < 4.78 is 6.37. The maximum absolute atomic E-state index is 10.6. The predicted octanol–water partition coefficient (Wildman–Crippen LogP) is 7.16. The van der Waals surface area contributed by atoms with Gasteiger partial charge in [0.05, 0.1) is 33.9 Å². The van der Waals surface area contributed by atoms with Gasteiger partial charge >= 0.3 is 6.85 Å². The van der Waals surface area contributed by atoms with Crippen LogP contribution in [0.2, 0.25) is 0 Å². The van der Waals surface area contributed by atoms with Crippen molar-refractivity contribution in [3.8, 4) is 23.6 Å². The van der Waals surface area contributed by atoms with E-state index in [1.54, 1.807) is 0 Å². The minimum Gasteiger partial charge on any atom is -0.458 e. The molecule has 4 aromatic carbocycles. The quantitative estimate of drug-likeness (QED) is 0.242. The summed E-state index contributed by atoms with van der Waals surface area (Å²) in [5, 5.41) is 21.2. The molecule has 0 amide bonds. The van der Waals surface area contributed by atoms with E-state index in [0.717, 1.165) is 56.3 Å². The maximum atomic E-state index is 10.6. The van der Waals surface area contributed by atoms with Crippen LogP contribution in [0.1, 0.15) is 63.8 Å². The van der Waals surface area contributed by atoms with Crippen LogP contribution < -0.4 is 25.4 Å². The predicted molar refractivity (Wildman–Crippen MR) is 168 cm³/mol. The highest BCUT2D eigenvalue weighted by Crippen LogP contribution is 2.53. The highest BCUT2D eigenvalue weighted by molar-refractivity contribution is 6.91. The normalized spacial score (nSPS) is 13.7. The molecule has 6 rings (SSSR count). The Kier molecular flexibility index (Phi) is 5.94.